The SMILES string of the molecule is C=CCNC(=O)CC(=O)N/N=C\c1ccccc1[N+](=O)[O-]. The van der Waals surface area contributed by atoms with Crippen LogP contribution in [0.1, 0.15) is 12.0 Å². The molecule has 21 heavy (non-hydrogen) atoms. The standard InChI is InChI=1S/C13H14N4O4/c1-2-7-14-12(18)8-13(19)16-15-9-10-5-3-4-6-11(10)17(20)21/h2-6,9H,1,7-8H2,(H,14,18)(H,16,19)/b15-9-. The van der Waals surface area contributed by atoms with Gasteiger partial charge in [0.15, 0.2) is 0 Å². The lowest BCUT2D eigenvalue weighted by atomic mass is 10.2. The molecule has 0 bridgehead atoms. The fourth-order valence-electron chi connectivity index (χ4n) is 1.37. The number of carbonyl (C=O) groups is 2. The van der Waals surface area contributed by atoms with Gasteiger partial charge in [0.1, 0.15) is 6.42 Å². The number of carbonyl (C=O) groups excluding carboxylic acids is 2. The van der Waals surface area contributed by atoms with Crippen LogP contribution < -0.4 is 10.7 Å². The molecule has 1 rings (SSSR count). The van der Waals surface area contributed by atoms with Gasteiger partial charge >= 0.3 is 0 Å². The average Bonchev–Trinajstić information content (AvgIpc) is 2.45. The summed E-state index contributed by atoms with van der Waals surface area (Å²) in [7, 11) is 0. The Kier molecular flexibility index (Phi) is 6.26. The summed E-state index contributed by atoms with van der Waals surface area (Å²) in [5.41, 5.74) is 2.25. The number of hydrazone groups is 1. The smallest absolute Gasteiger partial charge is 0.278 e. The summed E-state index contributed by atoms with van der Waals surface area (Å²) in [5, 5.41) is 16.8. The number of para-hydroxylation sites is 1. The van der Waals surface area contributed by atoms with E-state index in [4.69, 9.17) is 0 Å². The molecule has 0 aliphatic carbocycles. The Morgan fingerprint density at radius 1 is 1.33 bits per heavy atom. The summed E-state index contributed by atoms with van der Waals surface area (Å²) in [5.74, 6) is -1.08. The Morgan fingerprint density at radius 2 is 2.05 bits per heavy atom. The summed E-state index contributed by atoms with van der Waals surface area (Å²) in [6.07, 6.45) is 2.25. The maximum absolute atomic E-state index is 11.4. The van der Waals surface area contributed by atoms with E-state index in [1.165, 1.54) is 24.3 Å². The molecule has 0 atom stereocenters. The Hall–Kier alpha value is -3.03. The number of amides is 2. The average molecular weight is 290 g/mol. The molecule has 2 N–H and O–H groups in total. The van der Waals surface area contributed by atoms with Crippen molar-refractivity contribution < 1.29 is 14.5 Å². The Balaban J connectivity index is 2.55. The van der Waals surface area contributed by atoms with Crippen molar-refractivity contribution in [3.05, 3.63) is 52.6 Å². The van der Waals surface area contributed by atoms with Crippen molar-refractivity contribution in [2.75, 3.05) is 6.54 Å². The van der Waals surface area contributed by atoms with Crippen molar-refractivity contribution in [3.63, 3.8) is 0 Å². The number of benzene rings is 1. The molecule has 0 heterocycles. The number of nitrogens with one attached hydrogen (secondary N) is 2. The van der Waals surface area contributed by atoms with Gasteiger partial charge in [0.05, 0.1) is 16.7 Å². The minimum absolute atomic E-state index is 0.126. The fourth-order valence-corrected chi connectivity index (χ4v) is 1.37. The first-order valence-electron chi connectivity index (χ1n) is 5.97. The molecule has 110 valence electrons. The maximum Gasteiger partial charge on any atom is 0.278 e. The normalized spacial score (nSPS) is 10.1. The molecule has 2 amide bonds. The molecule has 8 heteroatoms. The minimum Gasteiger partial charge on any atom is -0.352 e. The zero-order chi connectivity index (χ0) is 15.7. The molecule has 0 aliphatic rings. The van der Waals surface area contributed by atoms with E-state index in [2.05, 4.69) is 22.4 Å². The molecule has 0 spiro atoms. The van der Waals surface area contributed by atoms with Crippen molar-refractivity contribution in [1.29, 1.82) is 0 Å². The molecule has 1 aromatic rings. The number of nitro benzene ring substituents is 1. The van der Waals surface area contributed by atoms with Gasteiger partial charge < -0.3 is 5.32 Å². The number of nitrogens with zero attached hydrogens (tertiary/aromatic N) is 2. The fraction of sp³-hybridized carbons (Fsp3) is 0.154. The molecule has 0 fully saturated rings. The summed E-state index contributed by atoms with van der Waals surface area (Å²) in [6.45, 7) is 3.69. The highest BCUT2D eigenvalue weighted by atomic mass is 16.6. The first-order valence-corrected chi connectivity index (χ1v) is 5.97. The van der Waals surface area contributed by atoms with E-state index in [1.54, 1.807) is 6.07 Å². The second-order valence-electron chi connectivity index (χ2n) is 3.88. The van der Waals surface area contributed by atoms with Gasteiger partial charge in [-0.2, -0.15) is 5.10 Å². The summed E-state index contributed by atoms with van der Waals surface area (Å²) in [4.78, 5) is 32.8. The van der Waals surface area contributed by atoms with Crippen LogP contribution >= 0.6 is 0 Å². The Bertz CT molecular complexity index is 583. The van der Waals surface area contributed by atoms with Crippen LogP contribution in [0.15, 0.2) is 42.0 Å². The van der Waals surface area contributed by atoms with Crippen LogP contribution in [-0.2, 0) is 9.59 Å². The van der Waals surface area contributed by atoms with Gasteiger partial charge in [-0.15, -0.1) is 6.58 Å². The summed E-state index contributed by atoms with van der Waals surface area (Å²) >= 11 is 0. The van der Waals surface area contributed by atoms with Crippen LogP contribution in [0, 0.1) is 10.1 Å². The maximum atomic E-state index is 11.4. The van der Waals surface area contributed by atoms with Gasteiger partial charge in [0.25, 0.3) is 5.69 Å². The number of rotatable bonds is 7. The van der Waals surface area contributed by atoms with E-state index in [1.807, 2.05) is 0 Å². The molecular weight excluding hydrogens is 276 g/mol. The molecule has 0 unspecified atom stereocenters. The van der Waals surface area contributed by atoms with Crippen LogP contribution in [0.4, 0.5) is 5.69 Å². The lowest BCUT2D eigenvalue weighted by Crippen LogP contribution is -2.29. The van der Waals surface area contributed by atoms with E-state index in [-0.39, 0.29) is 24.2 Å². The van der Waals surface area contributed by atoms with Crippen LogP contribution in [-0.4, -0.2) is 29.5 Å². The van der Waals surface area contributed by atoms with E-state index < -0.39 is 16.7 Å². The van der Waals surface area contributed by atoms with Crippen molar-refractivity contribution >= 4 is 23.7 Å². The molecular formula is C13H14N4O4. The Labute approximate surface area is 120 Å². The van der Waals surface area contributed by atoms with Gasteiger partial charge in [-0.3, -0.25) is 19.7 Å². The highest BCUT2D eigenvalue weighted by Crippen LogP contribution is 2.14. The van der Waals surface area contributed by atoms with Gasteiger partial charge in [-0.1, -0.05) is 18.2 Å². The zero-order valence-corrected chi connectivity index (χ0v) is 11.1. The van der Waals surface area contributed by atoms with Crippen molar-refractivity contribution in [2.45, 2.75) is 6.42 Å². The van der Waals surface area contributed by atoms with Gasteiger partial charge in [-0.05, 0) is 6.07 Å². The van der Waals surface area contributed by atoms with Crippen LogP contribution in [0.2, 0.25) is 0 Å². The number of hydrogen-bond acceptors (Lipinski definition) is 5. The lowest BCUT2D eigenvalue weighted by Gasteiger charge is -2.01. The molecule has 0 aromatic heterocycles. The molecule has 1 aromatic carbocycles. The van der Waals surface area contributed by atoms with E-state index in [9.17, 15) is 19.7 Å². The van der Waals surface area contributed by atoms with Crippen molar-refractivity contribution in [1.82, 2.24) is 10.7 Å². The second kappa shape index (κ2) is 8.20. The van der Waals surface area contributed by atoms with Gasteiger partial charge in [-0.25, -0.2) is 5.43 Å². The Morgan fingerprint density at radius 3 is 2.71 bits per heavy atom. The van der Waals surface area contributed by atoms with Crippen LogP contribution in [0.3, 0.4) is 0 Å². The lowest BCUT2D eigenvalue weighted by molar-refractivity contribution is -0.385. The van der Waals surface area contributed by atoms with E-state index in [0.29, 0.717) is 0 Å². The third-order valence-electron chi connectivity index (χ3n) is 2.29. The van der Waals surface area contributed by atoms with Crippen LogP contribution in [0.5, 0.6) is 0 Å². The molecule has 0 saturated heterocycles. The first kappa shape index (κ1) is 16.0. The molecule has 8 nitrogen and oxygen atoms in total. The van der Waals surface area contributed by atoms with Gasteiger partial charge in [0, 0.05) is 12.6 Å². The zero-order valence-electron chi connectivity index (χ0n) is 11.1. The number of nitro groups is 1. The highest BCUT2D eigenvalue weighted by molar-refractivity contribution is 5.97. The highest BCUT2D eigenvalue weighted by Gasteiger charge is 2.10. The predicted octanol–water partition coefficient (Wildman–Crippen LogP) is 0.737. The quantitative estimate of drug-likeness (QED) is 0.253. The van der Waals surface area contributed by atoms with Crippen molar-refractivity contribution in [2.24, 2.45) is 5.10 Å². The topological polar surface area (TPSA) is 114 Å². The molecule has 0 saturated carbocycles. The third-order valence-corrected chi connectivity index (χ3v) is 2.29. The minimum atomic E-state index is -0.619. The van der Waals surface area contributed by atoms with Crippen molar-refractivity contribution in [3.8, 4) is 0 Å². The van der Waals surface area contributed by atoms with Crippen LogP contribution in [0.25, 0.3) is 0 Å². The second-order valence-corrected chi connectivity index (χ2v) is 3.88. The van der Waals surface area contributed by atoms with Gasteiger partial charge in [0.2, 0.25) is 11.8 Å². The largest absolute Gasteiger partial charge is 0.352 e. The molecule has 0 aliphatic heterocycles. The van der Waals surface area contributed by atoms with E-state index >= 15 is 0 Å². The first-order chi connectivity index (χ1) is 10.0. The summed E-state index contributed by atoms with van der Waals surface area (Å²) in [6, 6.07) is 5.95. The summed E-state index contributed by atoms with van der Waals surface area (Å²) < 4.78 is 0. The number of hydrogen-bond donors (Lipinski definition) is 2. The monoisotopic (exact) mass is 290 g/mol. The molecule has 0 radical (unpaired) electrons. The van der Waals surface area contributed by atoms with E-state index in [0.717, 1.165) is 6.21 Å². The third kappa shape index (κ3) is 5.64. The predicted molar refractivity (Wildman–Crippen MR) is 76.7 cm³/mol.